The third-order valence-corrected chi connectivity index (χ3v) is 10.7. The molecule has 11 heteroatoms. The van der Waals surface area contributed by atoms with Crippen LogP contribution in [-0.2, 0) is 39.8 Å². The van der Waals surface area contributed by atoms with Crippen LogP contribution in [0.1, 0.15) is 101 Å². The minimum atomic E-state index is -0.625. The quantitative estimate of drug-likeness (QED) is 0.0446. The summed E-state index contributed by atoms with van der Waals surface area (Å²) in [6, 6.07) is 23.7. The first-order valence-corrected chi connectivity index (χ1v) is 22.6. The van der Waals surface area contributed by atoms with Gasteiger partial charge in [-0.15, -0.1) is 0 Å². The average molecular weight is 854 g/mol. The van der Waals surface area contributed by atoms with Gasteiger partial charge in [-0.3, -0.25) is 14.6 Å². The molecular formula is C51H71N3O8. The highest BCUT2D eigenvalue weighted by Crippen LogP contribution is 2.36. The third kappa shape index (κ3) is 18.8. The van der Waals surface area contributed by atoms with Crippen molar-refractivity contribution in [3.8, 4) is 16.9 Å². The van der Waals surface area contributed by atoms with Gasteiger partial charge in [0.1, 0.15) is 18.1 Å². The van der Waals surface area contributed by atoms with E-state index in [-0.39, 0.29) is 36.2 Å². The Balaban J connectivity index is 1.28. The lowest BCUT2D eigenvalue weighted by Gasteiger charge is -2.22. The van der Waals surface area contributed by atoms with Crippen LogP contribution in [0.25, 0.3) is 21.9 Å². The lowest BCUT2D eigenvalue weighted by molar-refractivity contribution is -0.128. The number of aryl methyl sites for hydroxylation is 2. The van der Waals surface area contributed by atoms with E-state index >= 15 is 0 Å². The minimum Gasteiger partial charge on any atom is -0.491 e. The zero-order chi connectivity index (χ0) is 44.4. The SMILES string of the molecule is CC(=O)C[C@H](CC(=O)[C@H](CCCCN)NC(=O)CCCCc1cc(C)ccn1)c1ccc(-c2ccc(OCCOCCOCCOCCOCCC(C)C)c3ccccc23)cc1. The van der Waals surface area contributed by atoms with E-state index in [2.05, 4.69) is 48.4 Å². The average Bonchev–Trinajstić information content (AvgIpc) is 3.25. The standard InChI is InChI=1S/C51H71N3O8/c1-38(2)23-26-58-27-28-59-29-30-60-31-32-61-33-34-62-50-21-20-45(46-12-6-7-13-47(46)50)42-18-16-41(17-19-42)43(36-40(4)55)37-49(56)48(14-9-10-24-52)54-51(57)15-8-5-11-44-35-39(3)22-25-53-44/h6-7,12-13,16-22,25,35,38,43,48H,5,8-11,14-15,23-24,26-34,36-37,52H2,1-4H3,(H,54,57)/t43-,48+/m1/s1. The molecule has 0 aliphatic heterocycles. The minimum absolute atomic E-state index is 0.00855. The number of rotatable bonds is 33. The van der Waals surface area contributed by atoms with Crippen LogP contribution < -0.4 is 15.8 Å². The van der Waals surface area contributed by atoms with Crippen molar-refractivity contribution in [3.63, 3.8) is 0 Å². The van der Waals surface area contributed by atoms with Gasteiger partial charge in [-0.25, -0.2) is 0 Å². The first-order chi connectivity index (χ1) is 30.1. The zero-order valence-electron chi connectivity index (χ0n) is 37.7. The maximum absolute atomic E-state index is 13.9. The molecule has 62 heavy (non-hydrogen) atoms. The second kappa shape index (κ2) is 29.0. The molecule has 2 atom stereocenters. The van der Waals surface area contributed by atoms with Crippen molar-refractivity contribution >= 4 is 28.2 Å². The first kappa shape index (κ1) is 50.1. The number of ketones is 2. The number of aromatic nitrogens is 1. The van der Waals surface area contributed by atoms with Crippen LogP contribution in [-0.4, -0.2) is 94.5 Å². The Labute approximate surface area is 369 Å². The normalized spacial score (nSPS) is 12.4. The summed E-state index contributed by atoms with van der Waals surface area (Å²) in [6.45, 7) is 13.3. The highest BCUT2D eigenvalue weighted by molar-refractivity contribution is 6.00. The summed E-state index contributed by atoms with van der Waals surface area (Å²) < 4.78 is 28.6. The molecule has 0 unspecified atom stereocenters. The van der Waals surface area contributed by atoms with E-state index in [1.165, 1.54) is 5.56 Å². The van der Waals surface area contributed by atoms with E-state index in [9.17, 15) is 14.4 Å². The number of ether oxygens (including phenoxy) is 5. The molecule has 11 nitrogen and oxygen atoms in total. The topological polar surface area (TPSA) is 148 Å². The fourth-order valence-electron chi connectivity index (χ4n) is 7.32. The Morgan fingerprint density at radius 2 is 1.37 bits per heavy atom. The summed E-state index contributed by atoms with van der Waals surface area (Å²) in [4.78, 5) is 43.9. The van der Waals surface area contributed by atoms with Crippen molar-refractivity contribution in [1.82, 2.24) is 10.3 Å². The molecule has 0 saturated carbocycles. The van der Waals surface area contributed by atoms with Gasteiger partial charge in [0, 0.05) is 43.1 Å². The van der Waals surface area contributed by atoms with E-state index in [1.807, 2.05) is 61.7 Å². The van der Waals surface area contributed by atoms with Crippen LogP contribution in [0.2, 0.25) is 0 Å². The number of pyridine rings is 1. The number of nitrogens with one attached hydrogen (secondary N) is 1. The van der Waals surface area contributed by atoms with Crippen LogP contribution in [0.15, 0.2) is 79.0 Å². The number of fused-ring (bicyclic) bond motifs is 1. The van der Waals surface area contributed by atoms with Gasteiger partial charge in [0.05, 0.1) is 52.3 Å². The fourth-order valence-corrected chi connectivity index (χ4v) is 7.32. The van der Waals surface area contributed by atoms with Gasteiger partial charge in [0.2, 0.25) is 5.91 Å². The molecule has 4 rings (SSSR count). The van der Waals surface area contributed by atoms with Gasteiger partial charge in [-0.1, -0.05) is 68.4 Å². The van der Waals surface area contributed by atoms with Gasteiger partial charge in [-0.2, -0.15) is 0 Å². The molecule has 0 spiro atoms. The summed E-state index contributed by atoms with van der Waals surface area (Å²) >= 11 is 0. The molecule has 0 bridgehead atoms. The van der Waals surface area contributed by atoms with Crippen LogP contribution in [0.3, 0.4) is 0 Å². The molecule has 4 aromatic rings. The molecule has 3 aromatic carbocycles. The molecule has 338 valence electrons. The smallest absolute Gasteiger partial charge is 0.220 e. The maximum Gasteiger partial charge on any atom is 0.220 e. The van der Waals surface area contributed by atoms with E-state index < -0.39 is 6.04 Å². The number of nitrogens with two attached hydrogens (primary N) is 1. The van der Waals surface area contributed by atoms with Crippen LogP contribution >= 0.6 is 0 Å². The van der Waals surface area contributed by atoms with Crippen LogP contribution in [0.5, 0.6) is 5.75 Å². The largest absolute Gasteiger partial charge is 0.491 e. The molecular weight excluding hydrogens is 783 g/mol. The summed E-state index contributed by atoms with van der Waals surface area (Å²) in [5, 5.41) is 5.07. The number of amides is 1. The number of unbranched alkanes of at least 4 members (excludes halogenated alkanes) is 2. The number of carbonyl (C=O) groups is 3. The lowest BCUT2D eigenvalue weighted by atomic mass is 9.86. The van der Waals surface area contributed by atoms with Gasteiger partial charge < -0.3 is 39.5 Å². The monoisotopic (exact) mass is 854 g/mol. The van der Waals surface area contributed by atoms with Crippen molar-refractivity contribution in [3.05, 3.63) is 95.8 Å². The molecule has 0 fully saturated rings. The Hall–Kier alpha value is -4.52. The Kier molecular flexibility index (Phi) is 23.4. The van der Waals surface area contributed by atoms with E-state index in [0.29, 0.717) is 84.6 Å². The lowest BCUT2D eigenvalue weighted by Crippen LogP contribution is -2.41. The van der Waals surface area contributed by atoms with Crippen molar-refractivity contribution in [2.24, 2.45) is 11.7 Å². The number of Topliss-reactive ketones (excluding diaryl/α,β-unsaturated/α-hetero) is 2. The van der Waals surface area contributed by atoms with Gasteiger partial charge in [0.15, 0.2) is 5.78 Å². The van der Waals surface area contributed by atoms with Crippen molar-refractivity contribution in [1.29, 1.82) is 0 Å². The molecule has 1 heterocycles. The van der Waals surface area contributed by atoms with Gasteiger partial charge >= 0.3 is 0 Å². The molecule has 1 amide bonds. The molecule has 1 aromatic heterocycles. The first-order valence-electron chi connectivity index (χ1n) is 22.6. The molecule has 0 aliphatic rings. The van der Waals surface area contributed by atoms with Crippen molar-refractivity contribution < 1.29 is 38.1 Å². The fraction of sp³-hybridized carbons (Fsp3) is 0.529. The van der Waals surface area contributed by atoms with E-state index in [4.69, 9.17) is 29.4 Å². The Bertz CT molecular complexity index is 1920. The number of carbonyl (C=O) groups excluding carboxylic acids is 3. The number of nitrogens with zero attached hydrogens (tertiary/aromatic N) is 1. The second-order valence-electron chi connectivity index (χ2n) is 16.5. The summed E-state index contributed by atoms with van der Waals surface area (Å²) in [5.74, 6) is 0.921. The summed E-state index contributed by atoms with van der Waals surface area (Å²) in [7, 11) is 0. The number of benzene rings is 3. The molecule has 0 saturated heterocycles. The van der Waals surface area contributed by atoms with Gasteiger partial charge in [0.25, 0.3) is 0 Å². The van der Waals surface area contributed by atoms with Crippen LogP contribution in [0, 0.1) is 12.8 Å². The van der Waals surface area contributed by atoms with Crippen LogP contribution in [0.4, 0.5) is 0 Å². The van der Waals surface area contributed by atoms with E-state index in [1.54, 1.807) is 6.92 Å². The Morgan fingerprint density at radius 3 is 2.02 bits per heavy atom. The van der Waals surface area contributed by atoms with Crippen molar-refractivity contribution in [2.75, 3.05) is 66.0 Å². The molecule has 3 N–H and O–H groups in total. The maximum atomic E-state index is 13.9. The van der Waals surface area contributed by atoms with E-state index in [0.717, 1.165) is 77.6 Å². The molecule has 0 radical (unpaired) electrons. The predicted octanol–water partition coefficient (Wildman–Crippen LogP) is 8.75. The molecule has 0 aliphatic carbocycles. The van der Waals surface area contributed by atoms with Crippen molar-refractivity contribution in [2.45, 2.75) is 104 Å². The summed E-state index contributed by atoms with van der Waals surface area (Å²) in [6.07, 6.45) is 7.94. The number of hydrogen-bond donors (Lipinski definition) is 2. The second-order valence-corrected chi connectivity index (χ2v) is 16.5. The Morgan fingerprint density at radius 1 is 0.710 bits per heavy atom. The summed E-state index contributed by atoms with van der Waals surface area (Å²) in [5.41, 5.74) is 10.9. The van der Waals surface area contributed by atoms with Gasteiger partial charge in [-0.05, 0) is 123 Å². The number of hydrogen-bond acceptors (Lipinski definition) is 10. The third-order valence-electron chi connectivity index (χ3n) is 10.7. The highest BCUT2D eigenvalue weighted by atomic mass is 16.6. The zero-order valence-corrected chi connectivity index (χ0v) is 37.7. The highest BCUT2D eigenvalue weighted by Gasteiger charge is 2.25. The predicted molar refractivity (Wildman–Crippen MR) is 247 cm³/mol.